The summed E-state index contributed by atoms with van der Waals surface area (Å²) < 4.78 is 4.99. The number of carbonyl (C=O) groups excluding carboxylic acids is 1. The van der Waals surface area contributed by atoms with Crippen molar-refractivity contribution in [3.8, 4) is 0 Å². The second-order valence-corrected chi connectivity index (χ2v) is 6.76. The lowest BCUT2D eigenvalue weighted by Gasteiger charge is -2.18. The Kier molecular flexibility index (Phi) is 6.98. The third-order valence-electron chi connectivity index (χ3n) is 4.73. The molecule has 0 spiro atoms. The lowest BCUT2D eigenvalue weighted by Crippen LogP contribution is -2.25. The van der Waals surface area contributed by atoms with E-state index in [1.54, 1.807) is 7.11 Å². The highest BCUT2D eigenvalue weighted by molar-refractivity contribution is 6.14. The molecule has 0 radical (unpaired) electrons. The molecule has 2 aromatic carbocycles. The molecule has 0 saturated heterocycles. The number of likely N-dealkylation sites (N-methyl/N-ethyl adjacent to an activating group) is 1. The van der Waals surface area contributed by atoms with Gasteiger partial charge in [-0.2, -0.15) is 0 Å². The molecule has 5 heteroatoms. The first-order chi connectivity index (χ1) is 13.7. The lowest BCUT2D eigenvalue weighted by atomic mass is 10.0. The first-order valence-corrected chi connectivity index (χ1v) is 9.59. The number of rotatable bonds is 7. The van der Waals surface area contributed by atoms with Crippen molar-refractivity contribution in [2.45, 2.75) is 6.42 Å². The Bertz CT molecular complexity index is 856. The predicted molar refractivity (Wildman–Crippen MR) is 115 cm³/mol. The van der Waals surface area contributed by atoms with Gasteiger partial charge in [0, 0.05) is 50.7 Å². The zero-order valence-electron chi connectivity index (χ0n) is 16.5. The van der Waals surface area contributed by atoms with E-state index in [1.165, 1.54) is 5.69 Å². The van der Waals surface area contributed by atoms with Crippen molar-refractivity contribution in [3.05, 3.63) is 71.3 Å². The van der Waals surface area contributed by atoms with Crippen LogP contribution in [0.3, 0.4) is 0 Å². The molecule has 1 amide bonds. The van der Waals surface area contributed by atoms with E-state index in [1.807, 2.05) is 36.4 Å². The van der Waals surface area contributed by atoms with Crippen LogP contribution in [0.5, 0.6) is 0 Å². The summed E-state index contributed by atoms with van der Waals surface area (Å²) in [6.45, 7) is 2.93. The van der Waals surface area contributed by atoms with Crippen LogP contribution in [0, 0.1) is 0 Å². The van der Waals surface area contributed by atoms with E-state index in [0.717, 1.165) is 36.3 Å². The van der Waals surface area contributed by atoms with Crippen LogP contribution in [0.1, 0.15) is 27.9 Å². The Morgan fingerprint density at radius 2 is 1.96 bits per heavy atom. The van der Waals surface area contributed by atoms with Gasteiger partial charge in [-0.25, -0.2) is 0 Å². The number of allylic oxidation sites excluding steroid dienone is 1. The zero-order valence-corrected chi connectivity index (χ0v) is 16.5. The molecule has 0 bridgehead atoms. The number of benzodiazepines with no additional fused rings is 1. The van der Waals surface area contributed by atoms with E-state index in [2.05, 4.69) is 41.5 Å². The number of methoxy groups -OCH3 is 1. The number of anilines is 1. The molecule has 1 aliphatic rings. The molecular weight excluding hydrogens is 350 g/mol. The summed E-state index contributed by atoms with van der Waals surface area (Å²) in [5, 5.41) is 2.90. The number of hydrogen-bond acceptors (Lipinski definition) is 4. The van der Waals surface area contributed by atoms with Crippen LogP contribution in [0.25, 0.3) is 6.08 Å². The van der Waals surface area contributed by atoms with Gasteiger partial charge in [0.1, 0.15) is 0 Å². The van der Waals surface area contributed by atoms with Crippen molar-refractivity contribution in [1.82, 2.24) is 5.32 Å². The lowest BCUT2D eigenvalue weighted by molar-refractivity contribution is 0.0948. The van der Waals surface area contributed by atoms with Gasteiger partial charge in [-0.1, -0.05) is 36.4 Å². The summed E-state index contributed by atoms with van der Waals surface area (Å²) in [5.41, 5.74) is 5.02. The van der Waals surface area contributed by atoms with Crippen LogP contribution in [0.2, 0.25) is 0 Å². The summed E-state index contributed by atoms with van der Waals surface area (Å²) in [5.74, 6) is -0.0586. The van der Waals surface area contributed by atoms with Crippen molar-refractivity contribution < 1.29 is 9.53 Å². The summed E-state index contributed by atoms with van der Waals surface area (Å²) >= 11 is 0. The normalized spacial score (nSPS) is 13.8. The summed E-state index contributed by atoms with van der Waals surface area (Å²) in [6.07, 6.45) is 4.90. The van der Waals surface area contributed by atoms with Crippen molar-refractivity contribution >= 4 is 23.4 Å². The zero-order chi connectivity index (χ0) is 19.8. The highest BCUT2D eigenvalue weighted by atomic mass is 16.5. The van der Waals surface area contributed by atoms with Crippen molar-refractivity contribution in [2.24, 2.45) is 4.99 Å². The van der Waals surface area contributed by atoms with E-state index < -0.39 is 0 Å². The van der Waals surface area contributed by atoms with Gasteiger partial charge in [-0.3, -0.25) is 9.79 Å². The van der Waals surface area contributed by atoms with Gasteiger partial charge in [0.15, 0.2) is 0 Å². The number of para-hydroxylation sites is 1. The Morgan fingerprint density at radius 3 is 2.75 bits per heavy atom. The summed E-state index contributed by atoms with van der Waals surface area (Å²) in [6, 6.07) is 15.9. The molecule has 0 saturated carbocycles. The van der Waals surface area contributed by atoms with Crippen molar-refractivity contribution in [3.63, 3.8) is 0 Å². The monoisotopic (exact) mass is 377 g/mol. The maximum Gasteiger partial charge on any atom is 0.251 e. The standard InChI is InChI=1S/C23H27N3O2/c1-26-16-15-24-21(20-6-3-4-7-22(20)26)13-10-18-8-11-19(12-9-18)23(27)25-14-5-17-28-2/h3-4,6-13H,5,14-17H2,1-2H3,(H,25,27)/b13-10+. The van der Waals surface area contributed by atoms with Gasteiger partial charge in [0.05, 0.1) is 12.3 Å². The highest BCUT2D eigenvalue weighted by Gasteiger charge is 2.13. The molecule has 28 heavy (non-hydrogen) atoms. The number of nitrogens with zero attached hydrogens (tertiary/aromatic N) is 2. The Hall–Kier alpha value is -2.92. The first kappa shape index (κ1) is 19.8. The number of hydrogen-bond donors (Lipinski definition) is 1. The maximum absolute atomic E-state index is 12.1. The van der Waals surface area contributed by atoms with E-state index in [9.17, 15) is 4.79 Å². The smallest absolute Gasteiger partial charge is 0.251 e. The van der Waals surface area contributed by atoms with Gasteiger partial charge in [-0.15, -0.1) is 0 Å². The Balaban J connectivity index is 1.67. The summed E-state index contributed by atoms with van der Waals surface area (Å²) in [4.78, 5) is 19.1. The van der Waals surface area contributed by atoms with Gasteiger partial charge in [0.25, 0.3) is 5.91 Å². The number of nitrogens with one attached hydrogen (secondary N) is 1. The molecule has 5 nitrogen and oxygen atoms in total. The van der Waals surface area contributed by atoms with E-state index in [4.69, 9.17) is 9.73 Å². The van der Waals surface area contributed by atoms with E-state index in [0.29, 0.717) is 18.7 Å². The number of amides is 1. The molecule has 0 unspecified atom stereocenters. The van der Waals surface area contributed by atoms with Crippen LogP contribution in [0.15, 0.2) is 59.6 Å². The number of carbonyl (C=O) groups is 1. The highest BCUT2D eigenvalue weighted by Crippen LogP contribution is 2.23. The van der Waals surface area contributed by atoms with Crippen molar-refractivity contribution in [2.75, 3.05) is 45.3 Å². The minimum absolute atomic E-state index is 0.0586. The molecule has 0 aliphatic carbocycles. The second-order valence-electron chi connectivity index (χ2n) is 6.76. The minimum atomic E-state index is -0.0586. The van der Waals surface area contributed by atoms with E-state index >= 15 is 0 Å². The van der Waals surface area contributed by atoms with E-state index in [-0.39, 0.29) is 5.91 Å². The average Bonchev–Trinajstić information content (AvgIpc) is 2.89. The van der Waals surface area contributed by atoms with Gasteiger partial charge < -0.3 is 15.0 Å². The molecule has 1 heterocycles. The Labute approximate surface area is 166 Å². The third-order valence-corrected chi connectivity index (χ3v) is 4.73. The SMILES string of the molecule is COCCCNC(=O)c1ccc(/C=C/C2=NCCN(C)c3ccccc32)cc1. The molecule has 0 atom stereocenters. The fourth-order valence-electron chi connectivity index (χ4n) is 3.13. The topological polar surface area (TPSA) is 53.9 Å². The van der Waals surface area contributed by atoms with Gasteiger partial charge in [0.2, 0.25) is 0 Å². The molecule has 146 valence electrons. The van der Waals surface area contributed by atoms with Crippen molar-refractivity contribution in [1.29, 1.82) is 0 Å². The summed E-state index contributed by atoms with van der Waals surface area (Å²) in [7, 11) is 3.76. The Morgan fingerprint density at radius 1 is 1.18 bits per heavy atom. The van der Waals surface area contributed by atoms with Crippen LogP contribution < -0.4 is 10.2 Å². The number of benzene rings is 2. The molecule has 0 fully saturated rings. The number of ether oxygens (including phenoxy) is 1. The molecule has 3 rings (SSSR count). The first-order valence-electron chi connectivity index (χ1n) is 9.59. The minimum Gasteiger partial charge on any atom is -0.385 e. The molecule has 0 aromatic heterocycles. The quantitative estimate of drug-likeness (QED) is 0.753. The molecule has 2 aromatic rings. The van der Waals surface area contributed by atoms with Crippen LogP contribution in [-0.4, -0.2) is 52.0 Å². The fraction of sp³-hybridized carbons (Fsp3) is 0.304. The number of aliphatic imine (C=N–C) groups is 1. The second kappa shape index (κ2) is 9.85. The third kappa shape index (κ3) is 5.08. The fourth-order valence-corrected chi connectivity index (χ4v) is 3.13. The average molecular weight is 377 g/mol. The van der Waals surface area contributed by atoms with Crippen LogP contribution in [0.4, 0.5) is 5.69 Å². The molecular formula is C23H27N3O2. The van der Waals surface area contributed by atoms with Crippen LogP contribution >= 0.6 is 0 Å². The van der Waals surface area contributed by atoms with Gasteiger partial charge >= 0.3 is 0 Å². The maximum atomic E-state index is 12.1. The largest absolute Gasteiger partial charge is 0.385 e. The predicted octanol–water partition coefficient (Wildman–Crippen LogP) is 3.41. The van der Waals surface area contributed by atoms with Gasteiger partial charge in [-0.05, 0) is 36.3 Å². The number of fused-ring (bicyclic) bond motifs is 1. The molecule has 1 N–H and O–H groups in total. The molecule has 1 aliphatic heterocycles. The van der Waals surface area contributed by atoms with Crippen LogP contribution in [-0.2, 0) is 4.74 Å².